The van der Waals surface area contributed by atoms with Gasteiger partial charge in [0, 0.05) is 17.6 Å². The van der Waals surface area contributed by atoms with Crippen LogP contribution in [0.3, 0.4) is 0 Å². The van der Waals surface area contributed by atoms with E-state index in [9.17, 15) is 0 Å². The van der Waals surface area contributed by atoms with Crippen LogP contribution >= 0.6 is 15.9 Å². The van der Waals surface area contributed by atoms with Gasteiger partial charge >= 0.3 is 0 Å². The lowest BCUT2D eigenvalue weighted by molar-refractivity contribution is 0.303. The minimum atomic E-state index is 0.772. The molecular formula is C15H25BrN2. The van der Waals surface area contributed by atoms with Gasteiger partial charge in [0.15, 0.2) is 0 Å². The van der Waals surface area contributed by atoms with Gasteiger partial charge in [-0.15, -0.1) is 0 Å². The fourth-order valence-corrected chi connectivity index (χ4v) is 2.43. The maximum absolute atomic E-state index is 3.67. The van der Waals surface area contributed by atoms with Crippen LogP contribution < -0.4 is 5.32 Å². The van der Waals surface area contributed by atoms with E-state index < -0.39 is 0 Å². The molecule has 0 spiro atoms. The predicted octanol–water partition coefficient (Wildman–Crippen LogP) is 3.65. The van der Waals surface area contributed by atoms with Crippen molar-refractivity contribution >= 4 is 15.9 Å². The summed E-state index contributed by atoms with van der Waals surface area (Å²) >= 11 is 3.67. The molecule has 0 bridgehead atoms. The van der Waals surface area contributed by atoms with Crippen molar-refractivity contribution in [2.24, 2.45) is 5.92 Å². The summed E-state index contributed by atoms with van der Waals surface area (Å²) in [6.07, 6.45) is 1.26. The van der Waals surface area contributed by atoms with Gasteiger partial charge in [0.2, 0.25) is 0 Å². The van der Waals surface area contributed by atoms with Crippen molar-refractivity contribution in [2.45, 2.75) is 33.4 Å². The van der Waals surface area contributed by atoms with Crippen molar-refractivity contribution in [3.63, 3.8) is 0 Å². The number of hydrogen-bond acceptors (Lipinski definition) is 2. The molecule has 2 nitrogen and oxygen atoms in total. The lowest BCUT2D eigenvalue weighted by atomic mass is 10.1. The molecule has 0 heterocycles. The number of nitrogens with one attached hydrogen (secondary N) is 1. The summed E-state index contributed by atoms with van der Waals surface area (Å²) < 4.78 is 1.21. The first-order valence-electron chi connectivity index (χ1n) is 6.63. The molecule has 0 amide bonds. The van der Waals surface area contributed by atoms with Crippen molar-refractivity contribution in [3.05, 3.63) is 33.8 Å². The molecule has 1 N–H and O–H groups in total. The van der Waals surface area contributed by atoms with E-state index in [2.05, 4.69) is 65.2 Å². The van der Waals surface area contributed by atoms with Crippen LogP contribution in [0, 0.1) is 5.92 Å². The summed E-state index contributed by atoms with van der Waals surface area (Å²) in [5.41, 5.74) is 2.68. The van der Waals surface area contributed by atoms with E-state index in [1.54, 1.807) is 0 Å². The minimum absolute atomic E-state index is 0.772. The number of benzene rings is 1. The average molecular weight is 313 g/mol. The second kappa shape index (κ2) is 7.93. The van der Waals surface area contributed by atoms with Gasteiger partial charge < -0.3 is 10.2 Å². The Morgan fingerprint density at radius 3 is 2.61 bits per heavy atom. The van der Waals surface area contributed by atoms with E-state index in [0.717, 1.165) is 25.6 Å². The largest absolute Gasteiger partial charge is 0.316 e. The minimum Gasteiger partial charge on any atom is -0.316 e. The lowest BCUT2D eigenvalue weighted by Gasteiger charge is -2.19. The Balaban J connectivity index is 2.56. The van der Waals surface area contributed by atoms with Gasteiger partial charge in [0.05, 0.1) is 0 Å². The van der Waals surface area contributed by atoms with Crippen LogP contribution in [-0.4, -0.2) is 25.5 Å². The van der Waals surface area contributed by atoms with Crippen LogP contribution in [0.25, 0.3) is 0 Å². The van der Waals surface area contributed by atoms with Crippen LogP contribution in [0.2, 0.25) is 0 Å². The van der Waals surface area contributed by atoms with Crippen molar-refractivity contribution in [1.29, 1.82) is 0 Å². The van der Waals surface area contributed by atoms with Gasteiger partial charge in [-0.3, -0.25) is 0 Å². The molecule has 0 saturated heterocycles. The Bertz CT molecular complexity index is 364. The molecule has 0 aliphatic heterocycles. The van der Waals surface area contributed by atoms with Gasteiger partial charge in [-0.25, -0.2) is 0 Å². The SMILES string of the molecule is CNCc1ccc(CN(C)CCC(C)C)c(Br)c1. The van der Waals surface area contributed by atoms with E-state index in [0.29, 0.717) is 0 Å². The topological polar surface area (TPSA) is 15.3 Å². The quantitative estimate of drug-likeness (QED) is 0.827. The Morgan fingerprint density at radius 2 is 2.06 bits per heavy atom. The fraction of sp³-hybridized carbons (Fsp3) is 0.600. The van der Waals surface area contributed by atoms with Crippen LogP contribution in [-0.2, 0) is 13.1 Å². The normalized spacial score (nSPS) is 11.5. The maximum Gasteiger partial charge on any atom is 0.0241 e. The average Bonchev–Trinajstić information content (AvgIpc) is 2.30. The molecule has 1 aromatic carbocycles. The molecule has 0 atom stereocenters. The molecule has 102 valence electrons. The zero-order valence-electron chi connectivity index (χ0n) is 12.0. The van der Waals surface area contributed by atoms with E-state index in [1.165, 1.54) is 22.0 Å². The van der Waals surface area contributed by atoms with Crippen LogP contribution in [0.15, 0.2) is 22.7 Å². The number of nitrogens with zero attached hydrogens (tertiary/aromatic N) is 1. The van der Waals surface area contributed by atoms with E-state index in [4.69, 9.17) is 0 Å². The first-order chi connectivity index (χ1) is 8.52. The third-order valence-corrected chi connectivity index (χ3v) is 3.77. The Kier molecular flexibility index (Phi) is 6.90. The zero-order valence-corrected chi connectivity index (χ0v) is 13.5. The molecule has 0 unspecified atom stereocenters. The van der Waals surface area contributed by atoms with Crippen molar-refractivity contribution in [2.75, 3.05) is 20.6 Å². The standard InChI is InChI=1S/C15H25BrN2/c1-12(2)7-8-18(4)11-14-6-5-13(10-17-3)9-15(14)16/h5-6,9,12,17H,7-8,10-11H2,1-4H3. The molecule has 0 radical (unpaired) electrons. The van der Waals surface area contributed by atoms with Crippen LogP contribution in [0.5, 0.6) is 0 Å². The highest BCUT2D eigenvalue weighted by atomic mass is 79.9. The smallest absolute Gasteiger partial charge is 0.0241 e. The zero-order chi connectivity index (χ0) is 13.5. The van der Waals surface area contributed by atoms with Crippen LogP contribution in [0.1, 0.15) is 31.4 Å². The second-order valence-electron chi connectivity index (χ2n) is 5.38. The predicted molar refractivity (Wildman–Crippen MR) is 82.7 cm³/mol. The summed E-state index contributed by atoms with van der Waals surface area (Å²) in [7, 11) is 4.16. The van der Waals surface area contributed by atoms with Gasteiger partial charge in [0.25, 0.3) is 0 Å². The summed E-state index contributed by atoms with van der Waals surface area (Å²) in [6, 6.07) is 6.64. The Hall–Kier alpha value is -0.380. The molecule has 0 aliphatic rings. The third kappa shape index (κ3) is 5.51. The summed E-state index contributed by atoms with van der Waals surface area (Å²) in [5.74, 6) is 0.772. The molecule has 0 aromatic heterocycles. The van der Waals surface area contributed by atoms with E-state index >= 15 is 0 Å². The molecule has 3 heteroatoms. The van der Waals surface area contributed by atoms with Crippen molar-refractivity contribution < 1.29 is 0 Å². The highest BCUT2D eigenvalue weighted by Gasteiger charge is 2.06. The lowest BCUT2D eigenvalue weighted by Crippen LogP contribution is -2.20. The Labute approximate surface area is 120 Å². The highest BCUT2D eigenvalue weighted by molar-refractivity contribution is 9.10. The third-order valence-electron chi connectivity index (χ3n) is 3.03. The number of rotatable bonds is 7. The number of halogens is 1. The number of hydrogen-bond donors (Lipinski definition) is 1. The van der Waals surface area contributed by atoms with Crippen molar-refractivity contribution in [3.8, 4) is 0 Å². The molecule has 18 heavy (non-hydrogen) atoms. The van der Waals surface area contributed by atoms with Crippen molar-refractivity contribution in [1.82, 2.24) is 10.2 Å². The highest BCUT2D eigenvalue weighted by Crippen LogP contribution is 2.20. The molecule has 0 aliphatic carbocycles. The summed E-state index contributed by atoms with van der Waals surface area (Å²) in [6.45, 7) is 7.63. The fourth-order valence-electron chi connectivity index (χ4n) is 1.88. The monoisotopic (exact) mass is 312 g/mol. The van der Waals surface area contributed by atoms with E-state index in [1.807, 2.05) is 7.05 Å². The first kappa shape index (κ1) is 15.7. The van der Waals surface area contributed by atoms with Gasteiger partial charge in [0.1, 0.15) is 0 Å². The van der Waals surface area contributed by atoms with Crippen LogP contribution in [0.4, 0.5) is 0 Å². The second-order valence-corrected chi connectivity index (χ2v) is 6.23. The molecule has 1 aromatic rings. The van der Waals surface area contributed by atoms with E-state index in [-0.39, 0.29) is 0 Å². The molecule has 0 fully saturated rings. The Morgan fingerprint density at radius 1 is 1.33 bits per heavy atom. The molecule has 0 saturated carbocycles. The molecular weight excluding hydrogens is 288 g/mol. The van der Waals surface area contributed by atoms with Gasteiger partial charge in [-0.05, 0) is 50.2 Å². The molecule has 1 rings (SSSR count). The first-order valence-corrected chi connectivity index (χ1v) is 7.42. The summed E-state index contributed by atoms with van der Waals surface area (Å²) in [5, 5.41) is 3.17. The van der Waals surface area contributed by atoms with Gasteiger partial charge in [-0.1, -0.05) is 41.9 Å². The maximum atomic E-state index is 3.67. The summed E-state index contributed by atoms with van der Waals surface area (Å²) in [4.78, 5) is 2.39. The van der Waals surface area contributed by atoms with Gasteiger partial charge in [-0.2, -0.15) is 0 Å².